The van der Waals surface area contributed by atoms with E-state index >= 15 is 0 Å². The molecule has 1 aromatic carbocycles. The third kappa shape index (κ3) is 3.69. The van der Waals surface area contributed by atoms with Crippen LogP contribution in [0.4, 0.5) is 5.82 Å². The Morgan fingerprint density at radius 3 is 2.67 bits per heavy atom. The lowest BCUT2D eigenvalue weighted by Gasteiger charge is -2.28. The number of pyridine rings is 1. The third-order valence-electron chi connectivity index (χ3n) is 4.73. The summed E-state index contributed by atoms with van der Waals surface area (Å²) in [5.74, 6) is 0.880. The molecular weight excluding hydrogens is 402 g/mol. The normalized spacial score (nSPS) is 14.9. The highest BCUT2D eigenvalue weighted by Crippen LogP contribution is 2.37. The number of halogens is 1. The van der Waals surface area contributed by atoms with Crippen molar-refractivity contribution < 1.29 is 8.42 Å². The van der Waals surface area contributed by atoms with Crippen molar-refractivity contribution in [3.8, 4) is 0 Å². The first-order valence-corrected chi connectivity index (χ1v) is 11.1. The van der Waals surface area contributed by atoms with Crippen molar-refractivity contribution >= 4 is 49.5 Å². The fraction of sp³-hybridized carbons (Fsp3) is 0.316. The van der Waals surface area contributed by atoms with Gasteiger partial charge in [-0.2, -0.15) is 0 Å². The van der Waals surface area contributed by atoms with Crippen LogP contribution >= 0.6 is 23.7 Å². The molecule has 0 spiro atoms. The van der Waals surface area contributed by atoms with Crippen molar-refractivity contribution in [3.05, 3.63) is 48.2 Å². The Balaban J connectivity index is 0.00000210. The summed E-state index contributed by atoms with van der Waals surface area (Å²) in [7, 11) is -3.53. The smallest absolute Gasteiger partial charge is 0.216 e. The van der Waals surface area contributed by atoms with Crippen LogP contribution in [0.3, 0.4) is 0 Å². The van der Waals surface area contributed by atoms with Gasteiger partial charge in [0.25, 0.3) is 0 Å². The first-order chi connectivity index (χ1) is 12.6. The van der Waals surface area contributed by atoms with E-state index in [0.29, 0.717) is 15.5 Å². The second kappa shape index (κ2) is 8.14. The highest BCUT2D eigenvalue weighted by Gasteiger charge is 2.25. The standard InChI is InChI=1S/C19H21N3O2S2.ClH/c1-2-14-5-3-4-6-17(14)26(23,24)18-13-15-16(25-18)7-8-21-19(15)22-11-9-20-10-12-22;/h3-8,13,20H,2,9-12H2,1H3;1H. The lowest BCUT2D eigenvalue weighted by Crippen LogP contribution is -2.43. The van der Waals surface area contributed by atoms with E-state index in [0.717, 1.165) is 47.6 Å². The minimum absolute atomic E-state index is 0. The van der Waals surface area contributed by atoms with Crippen LogP contribution in [-0.4, -0.2) is 39.6 Å². The molecule has 0 atom stereocenters. The van der Waals surface area contributed by atoms with Crippen LogP contribution in [0.2, 0.25) is 0 Å². The minimum atomic E-state index is -3.53. The van der Waals surface area contributed by atoms with Gasteiger partial charge in [-0.05, 0) is 30.2 Å². The van der Waals surface area contributed by atoms with E-state index in [-0.39, 0.29) is 12.4 Å². The van der Waals surface area contributed by atoms with Gasteiger partial charge in [-0.1, -0.05) is 25.1 Å². The number of aromatic nitrogens is 1. The Bertz CT molecular complexity index is 1040. The zero-order chi connectivity index (χ0) is 18.1. The summed E-state index contributed by atoms with van der Waals surface area (Å²) in [6, 6.07) is 11.0. The molecule has 1 aliphatic heterocycles. The molecule has 1 saturated heterocycles. The Labute approximate surface area is 169 Å². The van der Waals surface area contributed by atoms with Gasteiger partial charge in [0.05, 0.1) is 4.90 Å². The number of rotatable bonds is 4. The predicted octanol–water partition coefficient (Wildman–Crippen LogP) is 3.52. The summed E-state index contributed by atoms with van der Waals surface area (Å²) >= 11 is 1.33. The molecule has 3 aromatic rings. The van der Waals surface area contributed by atoms with Crippen molar-refractivity contribution in [2.24, 2.45) is 0 Å². The van der Waals surface area contributed by atoms with Crippen molar-refractivity contribution in [3.63, 3.8) is 0 Å². The van der Waals surface area contributed by atoms with Gasteiger partial charge in [-0.15, -0.1) is 23.7 Å². The molecule has 1 fully saturated rings. The maximum Gasteiger partial charge on any atom is 0.216 e. The minimum Gasteiger partial charge on any atom is -0.354 e. The first-order valence-electron chi connectivity index (χ1n) is 8.78. The highest BCUT2D eigenvalue weighted by molar-refractivity contribution is 7.93. The lowest BCUT2D eigenvalue weighted by atomic mass is 10.2. The second-order valence-electron chi connectivity index (χ2n) is 6.31. The molecule has 1 N–H and O–H groups in total. The quantitative estimate of drug-likeness (QED) is 0.695. The van der Waals surface area contributed by atoms with Crippen LogP contribution in [0.25, 0.3) is 10.1 Å². The van der Waals surface area contributed by atoms with Crippen LogP contribution in [0.5, 0.6) is 0 Å². The molecule has 0 saturated carbocycles. The van der Waals surface area contributed by atoms with Crippen LogP contribution in [0.15, 0.2) is 51.7 Å². The number of thiophene rings is 1. The summed E-state index contributed by atoms with van der Waals surface area (Å²) < 4.78 is 27.8. The number of fused-ring (bicyclic) bond motifs is 1. The Morgan fingerprint density at radius 2 is 1.93 bits per heavy atom. The maximum atomic E-state index is 13.2. The van der Waals surface area contributed by atoms with Crippen molar-refractivity contribution in [1.82, 2.24) is 10.3 Å². The van der Waals surface area contributed by atoms with Gasteiger partial charge in [0.2, 0.25) is 9.84 Å². The maximum absolute atomic E-state index is 13.2. The van der Waals surface area contributed by atoms with Crippen molar-refractivity contribution in [2.75, 3.05) is 31.1 Å². The Morgan fingerprint density at radius 1 is 1.19 bits per heavy atom. The number of piperazine rings is 1. The molecule has 1 aliphatic rings. The van der Waals surface area contributed by atoms with Gasteiger partial charge in [0.15, 0.2) is 0 Å². The number of nitrogens with one attached hydrogen (secondary N) is 1. The zero-order valence-electron chi connectivity index (χ0n) is 15.0. The molecule has 0 bridgehead atoms. The largest absolute Gasteiger partial charge is 0.354 e. The summed E-state index contributed by atoms with van der Waals surface area (Å²) in [5.41, 5.74) is 0.852. The number of benzene rings is 1. The summed E-state index contributed by atoms with van der Waals surface area (Å²) in [5, 5.41) is 4.26. The fourth-order valence-corrected chi connectivity index (χ4v) is 6.42. The highest BCUT2D eigenvalue weighted by atomic mass is 35.5. The number of sulfone groups is 1. The van der Waals surface area contributed by atoms with E-state index in [1.54, 1.807) is 24.4 Å². The number of hydrogen-bond donors (Lipinski definition) is 1. The van der Waals surface area contributed by atoms with E-state index in [2.05, 4.69) is 15.2 Å². The average molecular weight is 424 g/mol. The van der Waals surface area contributed by atoms with Crippen LogP contribution < -0.4 is 10.2 Å². The van der Waals surface area contributed by atoms with Crippen LogP contribution in [0, 0.1) is 0 Å². The lowest BCUT2D eigenvalue weighted by molar-refractivity contribution is 0.586. The Kier molecular flexibility index (Phi) is 6.05. The fourth-order valence-electron chi connectivity index (χ4n) is 3.35. The van der Waals surface area contributed by atoms with Crippen molar-refractivity contribution in [2.45, 2.75) is 22.4 Å². The third-order valence-corrected chi connectivity index (χ3v) is 8.15. The van der Waals surface area contributed by atoms with Crippen LogP contribution in [0.1, 0.15) is 12.5 Å². The first kappa shape index (κ1) is 20.1. The molecule has 4 rings (SSSR count). The van der Waals surface area contributed by atoms with Gasteiger partial charge in [-0.25, -0.2) is 13.4 Å². The number of anilines is 1. The molecule has 5 nitrogen and oxygen atoms in total. The van der Waals surface area contributed by atoms with E-state index in [1.165, 1.54) is 11.3 Å². The van der Waals surface area contributed by atoms with E-state index in [9.17, 15) is 8.42 Å². The molecule has 0 amide bonds. The monoisotopic (exact) mass is 423 g/mol. The zero-order valence-corrected chi connectivity index (χ0v) is 17.5. The number of hydrogen-bond acceptors (Lipinski definition) is 6. The van der Waals surface area contributed by atoms with Gasteiger partial charge < -0.3 is 10.2 Å². The van der Waals surface area contributed by atoms with E-state index in [1.807, 2.05) is 25.1 Å². The predicted molar refractivity (Wildman–Crippen MR) is 113 cm³/mol. The average Bonchev–Trinajstić information content (AvgIpc) is 3.14. The Hall–Kier alpha value is -1.67. The topological polar surface area (TPSA) is 62.3 Å². The van der Waals surface area contributed by atoms with Crippen molar-refractivity contribution in [1.29, 1.82) is 0 Å². The molecular formula is C19H22ClN3O2S2. The molecule has 2 aromatic heterocycles. The molecule has 0 radical (unpaired) electrons. The van der Waals surface area contributed by atoms with Gasteiger partial charge >= 0.3 is 0 Å². The molecule has 144 valence electrons. The SMILES string of the molecule is CCc1ccccc1S(=O)(=O)c1cc2c(N3CCNCC3)nccc2s1.Cl. The van der Waals surface area contributed by atoms with Gasteiger partial charge in [0, 0.05) is 42.5 Å². The second-order valence-corrected chi connectivity index (χ2v) is 9.54. The molecule has 0 aliphatic carbocycles. The van der Waals surface area contributed by atoms with Crippen LogP contribution in [-0.2, 0) is 16.3 Å². The number of nitrogens with zero attached hydrogens (tertiary/aromatic N) is 2. The summed E-state index contributed by atoms with van der Waals surface area (Å²) in [6.45, 7) is 5.56. The van der Waals surface area contributed by atoms with E-state index in [4.69, 9.17) is 0 Å². The molecule has 3 heterocycles. The number of aryl methyl sites for hydroxylation is 1. The molecule has 0 unspecified atom stereocenters. The van der Waals surface area contributed by atoms with Gasteiger partial charge in [-0.3, -0.25) is 0 Å². The summed E-state index contributed by atoms with van der Waals surface area (Å²) in [4.78, 5) is 7.17. The molecule has 8 heteroatoms. The summed E-state index contributed by atoms with van der Waals surface area (Å²) in [6.07, 6.45) is 2.46. The van der Waals surface area contributed by atoms with Gasteiger partial charge in [0.1, 0.15) is 10.0 Å². The molecule has 27 heavy (non-hydrogen) atoms. The van der Waals surface area contributed by atoms with E-state index < -0.39 is 9.84 Å².